The highest BCUT2D eigenvalue weighted by molar-refractivity contribution is 5.38. The number of benzene rings is 1. The maximum atomic E-state index is 5.26. The van der Waals surface area contributed by atoms with Gasteiger partial charge in [-0.15, -0.1) is 6.42 Å². The van der Waals surface area contributed by atoms with Gasteiger partial charge in [0.2, 0.25) is 0 Å². The van der Waals surface area contributed by atoms with Crippen LogP contribution >= 0.6 is 0 Å². The lowest BCUT2D eigenvalue weighted by Gasteiger charge is -2.12. The van der Waals surface area contributed by atoms with Crippen molar-refractivity contribution in [2.45, 2.75) is 32.2 Å². The second-order valence-electron chi connectivity index (χ2n) is 4.06. The first-order valence-corrected chi connectivity index (χ1v) is 5.63. The molecule has 1 unspecified atom stereocenters. The van der Waals surface area contributed by atoms with Gasteiger partial charge in [0.25, 0.3) is 0 Å². The van der Waals surface area contributed by atoms with Crippen LogP contribution in [0.5, 0.6) is 0 Å². The summed E-state index contributed by atoms with van der Waals surface area (Å²) in [6, 6.07) is 7.30. The van der Waals surface area contributed by atoms with Crippen LogP contribution in [0, 0.1) is 12.3 Å². The molecular formula is C14H17N. The third-order valence-electron chi connectivity index (χ3n) is 3.14. The Bertz CT molecular complexity index is 387. The zero-order chi connectivity index (χ0) is 10.7. The predicted molar refractivity (Wildman–Crippen MR) is 63.7 cm³/mol. The van der Waals surface area contributed by atoms with Crippen molar-refractivity contribution in [3.8, 4) is 12.3 Å². The van der Waals surface area contributed by atoms with Crippen molar-refractivity contribution in [3.63, 3.8) is 0 Å². The monoisotopic (exact) mass is 199 g/mol. The van der Waals surface area contributed by atoms with Gasteiger partial charge >= 0.3 is 0 Å². The molecule has 1 nitrogen and oxygen atoms in total. The Balaban J connectivity index is 2.17. The van der Waals surface area contributed by atoms with Gasteiger partial charge in [-0.2, -0.15) is 0 Å². The van der Waals surface area contributed by atoms with Gasteiger partial charge in [0, 0.05) is 6.04 Å². The Morgan fingerprint density at radius 1 is 1.53 bits per heavy atom. The van der Waals surface area contributed by atoms with Crippen molar-refractivity contribution in [2.24, 2.45) is 0 Å². The molecule has 1 aliphatic rings. The molecule has 1 heteroatoms. The summed E-state index contributed by atoms with van der Waals surface area (Å²) in [4.78, 5) is 0. The summed E-state index contributed by atoms with van der Waals surface area (Å²) >= 11 is 0. The minimum Gasteiger partial charge on any atom is -0.299 e. The van der Waals surface area contributed by atoms with Gasteiger partial charge < -0.3 is 0 Å². The SMILES string of the molecule is C#CCNC1CCc2cc(CC)ccc21. The Morgan fingerprint density at radius 3 is 3.13 bits per heavy atom. The molecule has 1 aromatic rings. The topological polar surface area (TPSA) is 12.0 Å². The molecule has 78 valence electrons. The van der Waals surface area contributed by atoms with Crippen molar-refractivity contribution >= 4 is 0 Å². The molecule has 1 aliphatic carbocycles. The van der Waals surface area contributed by atoms with Gasteiger partial charge in [-0.25, -0.2) is 0 Å². The molecular weight excluding hydrogens is 182 g/mol. The maximum Gasteiger partial charge on any atom is 0.0578 e. The summed E-state index contributed by atoms with van der Waals surface area (Å²) in [6.07, 6.45) is 8.75. The highest BCUT2D eigenvalue weighted by atomic mass is 14.9. The second-order valence-corrected chi connectivity index (χ2v) is 4.06. The number of fused-ring (bicyclic) bond motifs is 1. The van der Waals surface area contributed by atoms with Crippen LogP contribution in [0.4, 0.5) is 0 Å². The number of hydrogen-bond acceptors (Lipinski definition) is 1. The fourth-order valence-electron chi connectivity index (χ4n) is 2.28. The first kappa shape index (κ1) is 10.3. The van der Waals surface area contributed by atoms with E-state index >= 15 is 0 Å². The number of aryl methyl sites for hydroxylation is 2. The van der Waals surface area contributed by atoms with E-state index in [0.717, 1.165) is 6.42 Å². The quantitative estimate of drug-likeness (QED) is 0.737. The summed E-state index contributed by atoms with van der Waals surface area (Å²) in [6.45, 7) is 2.87. The summed E-state index contributed by atoms with van der Waals surface area (Å²) in [5.74, 6) is 2.64. The van der Waals surface area contributed by atoms with E-state index in [0.29, 0.717) is 12.6 Å². The van der Waals surface area contributed by atoms with Crippen LogP contribution in [-0.2, 0) is 12.8 Å². The minimum absolute atomic E-state index is 0.474. The maximum absolute atomic E-state index is 5.26. The van der Waals surface area contributed by atoms with E-state index < -0.39 is 0 Å². The van der Waals surface area contributed by atoms with E-state index in [2.05, 4.69) is 36.4 Å². The Labute approximate surface area is 91.9 Å². The molecule has 0 spiro atoms. The van der Waals surface area contributed by atoms with Crippen molar-refractivity contribution in [1.82, 2.24) is 5.32 Å². The van der Waals surface area contributed by atoms with E-state index in [4.69, 9.17) is 6.42 Å². The lowest BCUT2D eigenvalue weighted by Crippen LogP contribution is -2.19. The standard InChI is InChI=1S/C14H17N/c1-3-9-15-14-8-6-12-10-11(4-2)5-7-13(12)14/h1,5,7,10,14-15H,4,6,8-9H2,2H3. The highest BCUT2D eigenvalue weighted by Crippen LogP contribution is 2.31. The van der Waals surface area contributed by atoms with Crippen LogP contribution in [0.25, 0.3) is 0 Å². The van der Waals surface area contributed by atoms with E-state index in [1.165, 1.54) is 29.5 Å². The Morgan fingerprint density at radius 2 is 2.40 bits per heavy atom. The molecule has 1 atom stereocenters. The second kappa shape index (κ2) is 4.51. The number of rotatable bonds is 3. The molecule has 0 saturated heterocycles. The summed E-state index contributed by atoms with van der Waals surface area (Å²) in [5.41, 5.74) is 4.39. The van der Waals surface area contributed by atoms with Crippen LogP contribution in [-0.4, -0.2) is 6.54 Å². The van der Waals surface area contributed by atoms with Crippen molar-refractivity contribution < 1.29 is 0 Å². The zero-order valence-electron chi connectivity index (χ0n) is 9.22. The predicted octanol–water partition coefficient (Wildman–Crippen LogP) is 2.46. The number of nitrogens with one attached hydrogen (secondary N) is 1. The van der Waals surface area contributed by atoms with Crippen molar-refractivity contribution in [2.75, 3.05) is 6.54 Å². The van der Waals surface area contributed by atoms with Crippen LogP contribution in [0.2, 0.25) is 0 Å². The lowest BCUT2D eigenvalue weighted by atomic mass is 10.0. The van der Waals surface area contributed by atoms with Crippen LogP contribution in [0.1, 0.15) is 36.1 Å². The Hall–Kier alpha value is -1.26. The highest BCUT2D eigenvalue weighted by Gasteiger charge is 2.21. The van der Waals surface area contributed by atoms with Gasteiger partial charge in [-0.05, 0) is 36.0 Å². The molecule has 0 bridgehead atoms. The van der Waals surface area contributed by atoms with Crippen LogP contribution < -0.4 is 5.32 Å². The third kappa shape index (κ3) is 2.06. The van der Waals surface area contributed by atoms with Crippen molar-refractivity contribution in [3.05, 3.63) is 34.9 Å². The molecule has 0 saturated carbocycles. The van der Waals surface area contributed by atoms with E-state index in [1.54, 1.807) is 0 Å². The van der Waals surface area contributed by atoms with E-state index in [1.807, 2.05) is 0 Å². The van der Waals surface area contributed by atoms with Gasteiger partial charge in [-0.1, -0.05) is 31.0 Å². The molecule has 2 rings (SSSR count). The molecule has 0 amide bonds. The average Bonchev–Trinajstić information content (AvgIpc) is 2.68. The molecule has 1 aromatic carbocycles. The summed E-state index contributed by atoms with van der Waals surface area (Å²) in [7, 11) is 0. The number of hydrogen-bond donors (Lipinski definition) is 1. The van der Waals surface area contributed by atoms with E-state index in [9.17, 15) is 0 Å². The summed E-state index contributed by atoms with van der Waals surface area (Å²) < 4.78 is 0. The molecule has 0 fully saturated rings. The summed E-state index contributed by atoms with van der Waals surface area (Å²) in [5, 5.41) is 3.39. The molecule has 15 heavy (non-hydrogen) atoms. The normalized spacial score (nSPS) is 18.5. The fourth-order valence-corrected chi connectivity index (χ4v) is 2.28. The fraction of sp³-hybridized carbons (Fsp3) is 0.429. The van der Waals surface area contributed by atoms with Gasteiger partial charge in [-0.3, -0.25) is 5.32 Å². The first-order chi connectivity index (χ1) is 7.35. The first-order valence-electron chi connectivity index (χ1n) is 5.63. The lowest BCUT2D eigenvalue weighted by molar-refractivity contribution is 0.568. The van der Waals surface area contributed by atoms with E-state index in [-0.39, 0.29) is 0 Å². The van der Waals surface area contributed by atoms with Crippen molar-refractivity contribution in [1.29, 1.82) is 0 Å². The largest absolute Gasteiger partial charge is 0.299 e. The molecule has 0 radical (unpaired) electrons. The van der Waals surface area contributed by atoms with Gasteiger partial charge in [0.15, 0.2) is 0 Å². The number of terminal acetylenes is 1. The average molecular weight is 199 g/mol. The minimum atomic E-state index is 0.474. The third-order valence-corrected chi connectivity index (χ3v) is 3.14. The molecule has 0 aliphatic heterocycles. The van der Waals surface area contributed by atoms with Gasteiger partial charge in [0.1, 0.15) is 0 Å². The molecule has 1 N–H and O–H groups in total. The molecule has 0 aromatic heterocycles. The zero-order valence-corrected chi connectivity index (χ0v) is 9.22. The van der Waals surface area contributed by atoms with Crippen LogP contribution in [0.3, 0.4) is 0 Å². The molecule has 0 heterocycles. The Kier molecular flexibility index (Phi) is 3.08. The van der Waals surface area contributed by atoms with Crippen LogP contribution in [0.15, 0.2) is 18.2 Å². The smallest absolute Gasteiger partial charge is 0.0578 e. The van der Waals surface area contributed by atoms with Gasteiger partial charge in [0.05, 0.1) is 6.54 Å².